The lowest BCUT2D eigenvalue weighted by Gasteiger charge is -2.37. The number of halogens is 1. The van der Waals surface area contributed by atoms with Crippen molar-refractivity contribution in [2.24, 2.45) is 5.41 Å². The van der Waals surface area contributed by atoms with Gasteiger partial charge in [0.25, 0.3) is 0 Å². The highest BCUT2D eigenvalue weighted by Crippen LogP contribution is 2.47. The smallest absolute Gasteiger partial charge is 0.408 e. The molecule has 0 radical (unpaired) electrons. The van der Waals surface area contributed by atoms with Crippen LogP contribution < -0.4 is 5.32 Å². The molecule has 0 heterocycles. The number of hydrogen-bond acceptors (Lipinski definition) is 5. The number of nitrogens with one attached hydrogen (secondary N) is 1. The Balaban J connectivity index is 2.52. The summed E-state index contributed by atoms with van der Waals surface area (Å²) < 4.78 is 11.9. The van der Waals surface area contributed by atoms with Crippen LogP contribution in [0.2, 0.25) is 0 Å². The van der Waals surface area contributed by atoms with E-state index in [1.165, 1.54) is 0 Å². The molecule has 1 saturated carbocycles. The minimum absolute atomic E-state index is 0.226. The summed E-state index contributed by atoms with van der Waals surface area (Å²) in [5.74, 6) is -0.841. The standard InChI is InChI=1S/C22H30BrNO5/c1-20(2,3)28-18(26)22(13-7-8-16(22)25)17(14-9-11-15(23)12-10-14)24-19(27)29-21(4,5)6/h9-12,17H,7-8,13H2,1-6H3,(H,24,27)/t17-,22+/m0/s1. The van der Waals surface area contributed by atoms with Crippen molar-refractivity contribution in [3.63, 3.8) is 0 Å². The minimum Gasteiger partial charge on any atom is -0.459 e. The number of carbonyl (C=O) groups excluding carboxylic acids is 3. The van der Waals surface area contributed by atoms with Gasteiger partial charge in [0.2, 0.25) is 0 Å². The Morgan fingerprint density at radius 3 is 2.03 bits per heavy atom. The van der Waals surface area contributed by atoms with E-state index < -0.39 is 34.7 Å². The average molecular weight is 468 g/mol. The van der Waals surface area contributed by atoms with Crippen molar-refractivity contribution in [3.05, 3.63) is 34.3 Å². The number of esters is 1. The summed E-state index contributed by atoms with van der Waals surface area (Å²) in [6, 6.07) is 6.28. The highest BCUT2D eigenvalue weighted by atomic mass is 79.9. The fourth-order valence-corrected chi connectivity index (χ4v) is 3.73. The molecular formula is C22H30BrNO5. The van der Waals surface area contributed by atoms with E-state index in [0.29, 0.717) is 18.4 Å². The fraction of sp³-hybridized carbons (Fsp3) is 0.591. The van der Waals surface area contributed by atoms with Crippen LogP contribution >= 0.6 is 15.9 Å². The van der Waals surface area contributed by atoms with Crippen LogP contribution in [-0.4, -0.2) is 29.0 Å². The van der Waals surface area contributed by atoms with E-state index in [0.717, 1.165) is 4.47 Å². The van der Waals surface area contributed by atoms with Gasteiger partial charge < -0.3 is 14.8 Å². The molecule has 7 heteroatoms. The average Bonchev–Trinajstić information content (AvgIpc) is 2.93. The molecule has 0 aliphatic heterocycles. The third-order valence-corrected chi connectivity index (χ3v) is 5.12. The van der Waals surface area contributed by atoms with Crippen molar-refractivity contribution >= 4 is 33.8 Å². The number of Topliss-reactive ketones (excluding diaryl/α,β-unsaturated/α-hetero) is 1. The maximum absolute atomic E-state index is 13.3. The summed E-state index contributed by atoms with van der Waals surface area (Å²) in [5, 5.41) is 2.79. The van der Waals surface area contributed by atoms with Crippen LogP contribution in [0, 0.1) is 5.41 Å². The Morgan fingerprint density at radius 2 is 1.59 bits per heavy atom. The first-order valence-electron chi connectivity index (χ1n) is 9.76. The largest absolute Gasteiger partial charge is 0.459 e. The molecule has 1 aromatic carbocycles. The quantitative estimate of drug-likeness (QED) is 0.492. The van der Waals surface area contributed by atoms with E-state index >= 15 is 0 Å². The second kappa shape index (κ2) is 8.46. The van der Waals surface area contributed by atoms with E-state index in [9.17, 15) is 14.4 Å². The highest BCUT2D eigenvalue weighted by Gasteiger charge is 2.57. The van der Waals surface area contributed by atoms with Crippen LogP contribution in [0.4, 0.5) is 4.79 Å². The van der Waals surface area contributed by atoms with Crippen molar-refractivity contribution in [1.82, 2.24) is 5.32 Å². The third kappa shape index (κ3) is 5.81. The van der Waals surface area contributed by atoms with Crippen LogP contribution in [0.25, 0.3) is 0 Å². The first-order chi connectivity index (χ1) is 13.2. The topological polar surface area (TPSA) is 81.7 Å². The second-order valence-corrected chi connectivity index (χ2v) is 10.3. The number of amides is 1. The SMILES string of the molecule is CC(C)(C)OC(=O)N[C@@H](c1ccc(Br)cc1)[C@@]1(C(=O)OC(C)(C)C)CCCC1=O. The maximum atomic E-state index is 13.3. The van der Waals surface area contributed by atoms with Crippen LogP contribution in [0.1, 0.15) is 72.4 Å². The van der Waals surface area contributed by atoms with Gasteiger partial charge in [0, 0.05) is 10.9 Å². The van der Waals surface area contributed by atoms with Crippen LogP contribution in [-0.2, 0) is 19.1 Å². The van der Waals surface area contributed by atoms with Gasteiger partial charge in [0.1, 0.15) is 11.2 Å². The zero-order valence-corrected chi connectivity index (χ0v) is 19.5. The number of alkyl carbamates (subject to hydrolysis) is 1. The second-order valence-electron chi connectivity index (χ2n) is 9.38. The fourth-order valence-electron chi connectivity index (χ4n) is 3.47. The van der Waals surface area contributed by atoms with Crippen molar-refractivity contribution in [1.29, 1.82) is 0 Å². The molecule has 1 amide bonds. The summed E-state index contributed by atoms with van der Waals surface area (Å²) in [4.78, 5) is 39.0. The van der Waals surface area contributed by atoms with Gasteiger partial charge in [-0.2, -0.15) is 0 Å². The number of ketones is 1. The lowest BCUT2D eigenvalue weighted by Crippen LogP contribution is -2.51. The normalized spacial score (nSPS) is 20.9. The summed E-state index contributed by atoms with van der Waals surface area (Å²) in [6.45, 7) is 10.5. The van der Waals surface area contributed by atoms with Crippen molar-refractivity contribution < 1.29 is 23.9 Å². The van der Waals surface area contributed by atoms with Crippen molar-refractivity contribution in [2.75, 3.05) is 0 Å². The predicted octanol–water partition coefficient (Wildman–Crippen LogP) is 5.10. The first kappa shape index (κ1) is 23.4. The lowest BCUT2D eigenvalue weighted by atomic mass is 9.74. The monoisotopic (exact) mass is 467 g/mol. The number of carbonyl (C=O) groups is 3. The molecule has 6 nitrogen and oxygen atoms in total. The van der Waals surface area contributed by atoms with Gasteiger partial charge in [-0.25, -0.2) is 4.79 Å². The van der Waals surface area contributed by atoms with Gasteiger partial charge in [-0.15, -0.1) is 0 Å². The van der Waals surface area contributed by atoms with Gasteiger partial charge in [-0.3, -0.25) is 9.59 Å². The Morgan fingerprint density at radius 1 is 1.03 bits per heavy atom. The summed E-state index contributed by atoms with van der Waals surface area (Å²) in [7, 11) is 0. The van der Waals surface area contributed by atoms with Gasteiger partial charge in [0.05, 0.1) is 6.04 Å². The van der Waals surface area contributed by atoms with E-state index in [1.54, 1.807) is 65.8 Å². The minimum atomic E-state index is -1.49. The van der Waals surface area contributed by atoms with Crippen molar-refractivity contribution in [3.8, 4) is 0 Å². The van der Waals surface area contributed by atoms with E-state index in [2.05, 4.69) is 21.2 Å². The zero-order valence-electron chi connectivity index (χ0n) is 17.9. The summed E-state index contributed by atoms with van der Waals surface area (Å²) in [6.07, 6.45) is 0.439. The van der Waals surface area contributed by atoms with E-state index in [-0.39, 0.29) is 12.2 Å². The molecule has 1 aromatic rings. The Hall–Kier alpha value is -1.89. The Labute approximate surface area is 180 Å². The molecule has 0 saturated heterocycles. The van der Waals surface area contributed by atoms with Gasteiger partial charge in [0.15, 0.2) is 11.2 Å². The molecule has 1 N–H and O–H groups in total. The molecule has 160 valence electrons. The van der Waals surface area contributed by atoms with E-state index in [4.69, 9.17) is 9.47 Å². The molecule has 1 fully saturated rings. The molecule has 1 aliphatic rings. The predicted molar refractivity (Wildman–Crippen MR) is 113 cm³/mol. The summed E-state index contributed by atoms with van der Waals surface area (Å²) in [5.41, 5.74) is -2.32. The van der Waals surface area contributed by atoms with Gasteiger partial charge >= 0.3 is 12.1 Å². The van der Waals surface area contributed by atoms with Gasteiger partial charge in [-0.05, 0) is 72.1 Å². The first-order valence-corrected chi connectivity index (χ1v) is 10.6. The molecule has 1 aliphatic carbocycles. The lowest BCUT2D eigenvalue weighted by molar-refractivity contribution is -0.171. The van der Waals surface area contributed by atoms with Crippen LogP contribution in [0.15, 0.2) is 28.7 Å². The van der Waals surface area contributed by atoms with E-state index in [1.807, 2.05) is 0 Å². The highest BCUT2D eigenvalue weighted by molar-refractivity contribution is 9.10. The molecule has 0 unspecified atom stereocenters. The van der Waals surface area contributed by atoms with Gasteiger partial charge in [-0.1, -0.05) is 28.1 Å². The number of ether oxygens (including phenoxy) is 2. The zero-order chi connectivity index (χ0) is 22.0. The molecule has 0 aromatic heterocycles. The van der Waals surface area contributed by atoms with Crippen LogP contribution in [0.5, 0.6) is 0 Å². The number of benzene rings is 1. The number of hydrogen-bond donors (Lipinski definition) is 1. The Kier molecular flexibility index (Phi) is 6.82. The molecule has 29 heavy (non-hydrogen) atoms. The molecule has 0 spiro atoms. The van der Waals surface area contributed by atoms with Crippen molar-refractivity contribution in [2.45, 2.75) is 78.0 Å². The molecule has 0 bridgehead atoms. The molecule has 2 atom stereocenters. The Bertz CT molecular complexity index is 776. The number of rotatable bonds is 4. The van der Waals surface area contributed by atoms with Crippen LogP contribution in [0.3, 0.4) is 0 Å². The summed E-state index contributed by atoms with van der Waals surface area (Å²) >= 11 is 3.39. The third-order valence-electron chi connectivity index (χ3n) is 4.59. The molecular weight excluding hydrogens is 438 g/mol. The maximum Gasteiger partial charge on any atom is 0.408 e. The molecule has 2 rings (SSSR count).